The predicted molar refractivity (Wildman–Crippen MR) is 96.9 cm³/mol. The summed E-state index contributed by atoms with van der Waals surface area (Å²) < 4.78 is 0. The van der Waals surface area contributed by atoms with Crippen molar-refractivity contribution in [2.45, 2.75) is 19.3 Å². The van der Waals surface area contributed by atoms with Crippen LogP contribution in [0.1, 0.15) is 25.0 Å². The quantitative estimate of drug-likeness (QED) is 0.440. The minimum Gasteiger partial charge on any atom is -0.107 e. The van der Waals surface area contributed by atoms with Crippen LogP contribution >= 0.6 is 24.0 Å². The minimum atomic E-state index is 0. The summed E-state index contributed by atoms with van der Waals surface area (Å²) in [5.74, 6) is 0. The molecule has 0 aliphatic heterocycles. The van der Waals surface area contributed by atoms with Gasteiger partial charge in [0.15, 0.2) is 0 Å². The fourth-order valence-corrected chi connectivity index (χ4v) is 3.47. The first-order chi connectivity index (χ1) is 9.19. The Bertz CT molecular complexity index is 800. The van der Waals surface area contributed by atoms with Crippen LogP contribution in [0.2, 0.25) is 0 Å². The molecule has 0 saturated heterocycles. The van der Waals surface area contributed by atoms with Gasteiger partial charge in [-0.1, -0.05) is 74.5 Å². The molecular formula is C19H17I. The smallest absolute Gasteiger partial charge is 0.0159 e. The predicted octanol–water partition coefficient (Wildman–Crippen LogP) is 5.76. The number of rotatable bonds is 0. The summed E-state index contributed by atoms with van der Waals surface area (Å²) in [6.07, 6.45) is 0. The van der Waals surface area contributed by atoms with E-state index in [1.807, 2.05) is 0 Å². The van der Waals surface area contributed by atoms with Crippen LogP contribution in [0.15, 0.2) is 60.7 Å². The van der Waals surface area contributed by atoms with Gasteiger partial charge in [0.05, 0.1) is 0 Å². The van der Waals surface area contributed by atoms with Crippen molar-refractivity contribution in [2.75, 3.05) is 0 Å². The molecule has 0 radical (unpaired) electrons. The lowest BCUT2D eigenvalue weighted by Crippen LogP contribution is -2.14. The van der Waals surface area contributed by atoms with Gasteiger partial charge in [-0.2, -0.15) is 0 Å². The van der Waals surface area contributed by atoms with E-state index in [-0.39, 0.29) is 29.4 Å². The Morgan fingerprint density at radius 1 is 0.700 bits per heavy atom. The van der Waals surface area contributed by atoms with E-state index in [0.29, 0.717) is 0 Å². The highest BCUT2D eigenvalue weighted by Crippen LogP contribution is 2.50. The van der Waals surface area contributed by atoms with Crippen LogP contribution in [0.4, 0.5) is 0 Å². The lowest BCUT2D eigenvalue weighted by atomic mass is 9.82. The van der Waals surface area contributed by atoms with Crippen molar-refractivity contribution in [1.29, 1.82) is 0 Å². The van der Waals surface area contributed by atoms with Crippen LogP contribution in [0.3, 0.4) is 0 Å². The second-order valence-corrected chi connectivity index (χ2v) is 5.88. The summed E-state index contributed by atoms with van der Waals surface area (Å²) in [6.45, 7) is 4.65. The molecule has 100 valence electrons. The molecular weight excluding hydrogens is 355 g/mol. The number of hydrogen-bond acceptors (Lipinski definition) is 0. The van der Waals surface area contributed by atoms with E-state index < -0.39 is 0 Å². The number of fused-ring (bicyclic) bond motifs is 5. The Morgan fingerprint density at radius 3 is 2.25 bits per heavy atom. The van der Waals surface area contributed by atoms with E-state index in [1.54, 1.807) is 0 Å². The van der Waals surface area contributed by atoms with Crippen molar-refractivity contribution in [2.24, 2.45) is 0 Å². The molecule has 4 rings (SSSR count). The van der Waals surface area contributed by atoms with Gasteiger partial charge in [0, 0.05) is 5.41 Å². The largest absolute Gasteiger partial charge is 0.107 e. The van der Waals surface area contributed by atoms with E-state index in [9.17, 15) is 0 Å². The van der Waals surface area contributed by atoms with E-state index in [2.05, 4.69) is 74.5 Å². The van der Waals surface area contributed by atoms with Gasteiger partial charge in [-0.25, -0.2) is 0 Å². The first-order valence-corrected chi connectivity index (χ1v) is 6.82. The molecule has 0 N–H and O–H groups in total. The van der Waals surface area contributed by atoms with Crippen molar-refractivity contribution in [1.82, 2.24) is 0 Å². The molecule has 0 saturated carbocycles. The Balaban J connectivity index is 0.00000121. The molecule has 0 bridgehead atoms. The zero-order chi connectivity index (χ0) is 13.0. The third-order valence-corrected chi connectivity index (χ3v) is 4.47. The molecule has 0 unspecified atom stereocenters. The van der Waals surface area contributed by atoms with E-state index in [0.717, 1.165) is 0 Å². The molecule has 20 heavy (non-hydrogen) atoms. The summed E-state index contributed by atoms with van der Waals surface area (Å²) in [5, 5.41) is 2.70. The first-order valence-electron chi connectivity index (χ1n) is 6.82. The van der Waals surface area contributed by atoms with Crippen molar-refractivity contribution in [3.8, 4) is 11.1 Å². The summed E-state index contributed by atoms with van der Waals surface area (Å²) >= 11 is 0. The van der Waals surface area contributed by atoms with Crippen molar-refractivity contribution in [3.05, 3.63) is 71.8 Å². The molecule has 0 fully saturated rings. The summed E-state index contributed by atoms with van der Waals surface area (Å²) in [5.41, 5.74) is 5.84. The van der Waals surface area contributed by atoms with Crippen LogP contribution < -0.4 is 0 Å². The van der Waals surface area contributed by atoms with Gasteiger partial charge in [0.1, 0.15) is 0 Å². The standard InChI is InChI=1S/C19H16.HI/c1-19(2)16-10-6-5-9-15(16)18-14-8-4-3-7-13(14)11-12-17(18)19;/h3-12H,1-2H3;1H. The average Bonchev–Trinajstić information content (AvgIpc) is 2.68. The SMILES string of the molecule is CC1(C)c2ccccc2-c2c1ccc1ccccc21.I. The maximum atomic E-state index is 2.33. The van der Waals surface area contributed by atoms with E-state index in [1.165, 1.54) is 33.0 Å². The molecule has 0 amide bonds. The first kappa shape index (κ1) is 13.6. The molecule has 0 nitrogen and oxygen atoms in total. The van der Waals surface area contributed by atoms with Gasteiger partial charge in [-0.05, 0) is 33.0 Å². The van der Waals surface area contributed by atoms with Crippen LogP contribution in [0.25, 0.3) is 21.9 Å². The number of hydrogen-bond donors (Lipinski definition) is 0. The summed E-state index contributed by atoms with van der Waals surface area (Å²) in [6, 6.07) is 22.1. The molecule has 1 aliphatic carbocycles. The van der Waals surface area contributed by atoms with Gasteiger partial charge in [-0.15, -0.1) is 24.0 Å². The van der Waals surface area contributed by atoms with Gasteiger partial charge in [0.25, 0.3) is 0 Å². The third kappa shape index (κ3) is 1.65. The Kier molecular flexibility index (Phi) is 3.13. The average molecular weight is 372 g/mol. The highest BCUT2D eigenvalue weighted by Gasteiger charge is 2.35. The van der Waals surface area contributed by atoms with Crippen LogP contribution in [-0.2, 0) is 5.41 Å². The highest BCUT2D eigenvalue weighted by atomic mass is 127. The van der Waals surface area contributed by atoms with Gasteiger partial charge >= 0.3 is 0 Å². The van der Waals surface area contributed by atoms with Crippen LogP contribution in [0, 0.1) is 0 Å². The van der Waals surface area contributed by atoms with Crippen molar-refractivity contribution >= 4 is 34.7 Å². The molecule has 0 heterocycles. The van der Waals surface area contributed by atoms with Gasteiger partial charge in [-0.3, -0.25) is 0 Å². The zero-order valence-electron chi connectivity index (χ0n) is 11.7. The topological polar surface area (TPSA) is 0 Å². The van der Waals surface area contributed by atoms with Crippen LogP contribution in [-0.4, -0.2) is 0 Å². The monoisotopic (exact) mass is 372 g/mol. The number of halogens is 1. The number of benzene rings is 3. The molecule has 0 aromatic heterocycles. The van der Waals surface area contributed by atoms with Crippen molar-refractivity contribution in [3.63, 3.8) is 0 Å². The van der Waals surface area contributed by atoms with Crippen molar-refractivity contribution < 1.29 is 0 Å². The molecule has 1 heteroatoms. The second kappa shape index (κ2) is 4.59. The fraction of sp³-hybridized carbons (Fsp3) is 0.158. The van der Waals surface area contributed by atoms with Gasteiger partial charge < -0.3 is 0 Å². The second-order valence-electron chi connectivity index (χ2n) is 5.88. The van der Waals surface area contributed by atoms with E-state index >= 15 is 0 Å². The zero-order valence-corrected chi connectivity index (χ0v) is 14.0. The Morgan fingerprint density at radius 2 is 1.40 bits per heavy atom. The third-order valence-electron chi connectivity index (χ3n) is 4.47. The highest BCUT2D eigenvalue weighted by molar-refractivity contribution is 14.0. The van der Waals surface area contributed by atoms with Crippen LogP contribution in [0.5, 0.6) is 0 Å². The fourth-order valence-electron chi connectivity index (χ4n) is 3.47. The molecule has 0 atom stereocenters. The summed E-state index contributed by atoms with van der Waals surface area (Å²) in [4.78, 5) is 0. The minimum absolute atomic E-state index is 0. The molecule has 3 aromatic rings. The summed E-state index contributed by atoms with van der Waals surface area (Å²) in [7, 11) is 0. The Labute approximate surface area is 136 Å². The maximum absolute atomic E-state index is 2.33. The normalized spacial score (nSPS) is 14.5. The Hall–Kier alpha value is -1.35. The maximum Gasteiger partial charge on any atom is 0.0159 e. The lowest BCUT2D eigenvalue weighted by Gasteiger charge is -2.21. The molecule has 3 aromatic carbocycles. The van der Waals surface area contributed by atoms with E-state index in [4.69, 9.17) is 0 Å². The molecule has 1 aliphatic rings. The van der Waals surface area contributed by atoms with Gasteiger partial charge in [0.2, 0.25) is 0 Å². The lowest BCUT2D eigenvalue weighted by molar-refractivity contribution is 0.661. The molecule has 0 spiro atoms.